The van der Waals surface area contributed by atoms with E-state index in [4.69, 9.17) is 19.7 Å². The van der Waals surface area contributed by atoms with Gasteiger partial charge in [-0.2, -0.15) is 0 Å². The maximum atomic E-state index is 8.75. The average Bonchev–Trinajstić information content (AvgIpc) is 2.86. The molecule has 2 heterocycles. The van der Waals surface area contributed by atoms with E-state index >= 15 is 0 Å². The average molecular weight is 195 g/mol. The van der Waals surface area contributed by atoms with Crippen molar-refractivity contribution in [3.63, 3.8) is 0 Å². The smallest absolute Gasteiger partial charge is 0.283 e. The minimum atomic E-state index is -0.647. The van der Waals surface area contributed by atoms with E-state index in [1.807, 2.05) is 0 Å². The van der Waals surface area contributed by atoms with E-state index in [1.54, 1.807) is 12.1 Å². The van der Waals surface area contributed by atoms with Gasteiger partial charge in [0.25, 0.3) is 5.89 Å². The number of aliphatic hydroxyl groups is 1. The number of rotatable bonds is 3. The van der Waals surface area contributed by atoms with E-state index in [0.717, 1.165) is 0 Å². The van der Waals surface area contributed by atoms with Crippen molar-refractivity contribution in [1.82, 2.24) is 10.2 Å². The van der Waals surface area contributed by atoms with Crippen molar-refractivity contribution in [1.29, 1.82) is 0 Å². The van der Waals surface area contributed by atoms with Gasteiger partial charge in [0.15, 0.2) is 5.76 Å². The summed E-state index contributed by atoms with van der Waals surface area (Å²) >= 11 is 0. The fourth-order valence-corrected chi connectivity index (χ4v) is 0.962. The molecule has 0 amide bonds. The minimum absolute atomic E-state index is 0.193. The summed E-state index contributed by atoms with van der Waals surface area (Å²) in [6.45, 7) is -0.236. The Morgan fingerprint density at radius 3 is 3.00 bits per heavy atom. The second-order valence-corrected chi connectivity index (χ2v) is 2.71. The minimum Gasteiger partial charge on any atom is -0.459 e. The van der Waals surface area contributed by atoms with E-state index in [1.165, 1.54) is 6.26 Å². The van der Waals surface area contributed by atoms with Gasteiger partial charge in [-0.1, -0.05) is 0 Å². The lowest BCUT2D eigenvalue weighted by atomic mass is 10.3. The first-order valence-electron chi connectivity index (χ1n) is 4.05. The highest BCUT2D eigenvalue weighted by atomic mass is 16.4. The lowest BCUT2D eigenvalue weighted by molar-refractivity contribution is 0.248. The summed E-state index contributed by atoms with van der Waals surface area (Å²) in [5.74, 6) is 0.932. The summed E-state index contributed by atoms with van der Waals surface area (Å²) in [7, 11) is 0. The van der Waals surface area contributed by atoms with Crippen LogP contribution in [0.25, 0.3) is 11.7 Å². The molecule has 0 bridgehead atoms. The highest BCUT2D eigenvalue weighted by molar-refractivity contribution is 5.42. The standard InChI is InChI=1S/C8H9N3O3/c9-5(4-12)7-10-11-8(14-7)6-2-1-3-13-6/h1-3,5,12H,4,9H2/t5-/m1/s1. The first kappa shape index (κ1) is 8.92. The Morgan fingerprint density at radius 1 is 1.50 bits per heavy atom. The van der Waals surface area contributed by atoms with E-state index in [2.05, 4.69) is 10.2 Å². The van der Waals surface area contributed by atoms with Crippen molar-refractivity contribution in [2.75, 3.05) is 6.61 Å². The van der Waals surface area contributed by atoms with Gasteiger partial charge in [-0.15, -0.1) is 10.2 Å². The largest absolute Gasteiger partial charge is 0.459 e. The molecule has 0 aliphatic carbocycles. The van der Waals surface area contributed by atoms with Crippen LogP contribution >= 0.6 is 0 Å². The number of nitrogens with two attached hydrogens (primary N) is 1. The third kappa shape index (κ3) is 1.52. The van der Waals surface area contributed by atoms with Crippen LogP contribution in [0.3, 0.4) is 0 Å². The Labute approximate surface area is 79.3 Å². The Bertz CT molecular complexity index is 396. The summed E-state index contributed by atoms with van der Waals surface area (Å²) in [4.78, 5) is 0. The van der Waals surface area contributed by atoms with E-state index in [0.29, 0.717) is 5.76 Å². The maximum Gasteiger partial charge on any atom is 0.283 e. The molecule has 0 aliphatic rings. The molecule has 6 nitrogen and oxygen atoms in total. The predicted octanol–water partition coefficient (Wildman–Crippen LogP) is 0.322. The van der Waals surface area contributed by atoms with Crippen LogP contribution in [-0.2, 0) is 0 Å². The second-order valence-electron chi connectivity index (χ2n) is 2.71. The summed E-state index contributed by atoms with van der Waals surface area (Å²) in [5.41, 5.74) is 5.48. The van der Waals surface area contributed by atoms with Crippen molar-refractivity contribution in [3.05, 3.63) is 24.3 Å². The molecule has 2 aromatic rings. The van der Waals surface area contributed by atoms with E-state index in [-0.39, 0.29) is 18.4 Å². The van der Waals surface area contributed by atoms with Crippen LogP contribution in [0.5, 0.6) is 0 Å². The lowest BCUT2D eigenvalue weighted by Gasteiger charge is -1.98. The maximum absolute atomic E-state index is 8.75. The zero-order valence-corrected chi connectivity index (χ0v) is 7.25. The summed E-state index contributed by atoms with van der Waals surface area (Å²) in [6.07, 6.45) is 1.51. The topological polar surface area (TPSA) is 98.3 Å². The van der Waals surface area contributed by atoms with Crippen LogP contribution in [0.2, 0.25) is 0 Å². The van der Waals surface area contributed by atoms with Gasteiger partial charge in [0.05, 0.1) is 12.9 Å². The molecule has 74 valence electrons. The van der Waals surface area contributed by atoms with Crippen molar-refractivity contribution < 1.29 is 13.9 Å². The monoisotopic (exact) mass is 195 g/mol. The number of aromatic nitrogens is 2. The summed E-state index contributed by atoms with van der Waals surface area (Å²) in [5, 5.41) is 16.2. The molecule has 0 saturated carbocycles. The number of aliphatic hydroxyl groups excluding tert-OH is 1. The molecule has 0 unspecified atom stereocenters. The third-order valence-electron chi connectivity index (χ3n) is 1.69. The molecule has 0 spiro atoms. The summed E-state index contributed by atoms with van der Waals surface area (Å²) < 4.78 is 10.2. The molecule has 2 aromatic heterocycles. The molecule has 6 heteroatoms. The van der Waals surface area contributed by atoms with Crippen LogP contribution in [0.1, 0.15) is 11.9 Å². The Morgan fingerprint density at radius 2 is 2.36 bits per heavy atom. The highest BCUT2D eigenvalue weighted by Gasteiger charge is 2.15. The van der Waals surface area contributed by atoms with Crippen molar-refractivity contribution in [2.24, 2.45) is 5.73 Å². The zero-order chi connectivity index (χ0) is 9.97. The zero-order valence-electron chi connectivity index (χ0n) is 7.25. The van der Waals surface area contributed by atoms with Crippen LogP contribution < -0.4 is 5.73 Å². The van der Waals surface area contributed by atoms with Crippen LogP contribution in [0, 0.1) is 0 Å². The van der Waals surface area contributed by atoms with Gasteiger partial charge in [-0.05, 0) is 12.1 Å². The second kappa shape index (κ2) is 3.60. The molecule has 0 aromatic carbocycles. The molecule has 0 fully saturated rings. The molecule has 2 rings (SSSR count). The molecular formula is C8H9N3O3. The number of nitrogens with zero attached hydrogens (tertiary/aromatic N) is 2. The quantitative estimate of drug-likeness (QED) is 0.731. The van der Waals surface area contributed by atoms with E-state index < -0.39 is 6.04 Å². The SMILES string of the molecule is N[C@H](CO)c1nnc(-c2ccco2)o1. The Hall–Kier alpha value is -1.66. The normalized spacial score (nSPS) is 13.0. The fraction of sp³-hybridized carbons (Fsp3) is 0.250. The van der Waals surface area contributed by atoms with Gasteiger partial charge in [-0.3, -0.25) is 0 Å². The van der Waals surface area contributed by atoms with Gasteiger partial charge in [0, 0.05) is 0 Å². The van der Waals surface area contributed by atoms with Crippen LogP contribution in [-0.4, -0.2) is 21.9 Å². The molecule has 14 heavy (non-hydrogen) atoms. The predicted molar refractivity (Wildman–Crippen MR) is 46.0 cm³/mol. The van der Waals surface area contributed by atoms with Gasteiger partial charge in [0.2, 0.25) is 5.89 Å². The molecular weight excluding hydrogens is 186 g/mol. The molecule has 1 atom stereocenters. The number of furan rings is 1. The summed E-state index contributed by atoms with van der Waals surface area (Å²) in [6, 6.07) is 2.76. The van der Waals surface area contributed by atoms with E-state index in [9.17, 15) is 0 Å². The third-order valence-corrected chi connectivity index (χ3v) is 1.69. The van der Waals surface area contributed by atoms with Crippen LogP contribution in [0.15, 0.2) is 27.2 Å². The lowest BCUT2D eigenvalue weighted by Crippen LogP contribution is -2.14. The Kier molecular flexibility index (Phi) is 2.30. The molecule has 0 aliphatic heterocycles. The van der Waals surface area contributed by atoms with Gasteiger partial charge < -0.3 is 19.7 Å². The first-order valence-corrected chi connectivity index (χ1v) is 4.05. The Balaban J connectivity index is 2.26. The van der Waals surface area contributed by atoms with Gasteiger partial charge >= 0.3 is 0 Å². The number of hydrogen-bond acceptors (Lipinski definition) is 6. The van der Waals surface area contributed by atoms with Crippen molar-refractivity contribution in [3.8, 4) is 11.7 Å². The van der Waals surface area contributed by atoms with Gasteiger partial charge in [0.1, 0.15) is 6.04 Å². The molecule has 3 N–H and O–H groups in total. The fourth-order valence-electron chi connectivity index (χ4n) is 0.962. The van der Waals surface area contributed by atoms with Crippen molar-refractivity contribution in [2.45, 2.75) is 6.04 Å². The first-order chi connectivity index (χ1) is 6.81. The highest BCUT2D eigenvalue weighted by Crippen LogP contribution is 2.19. The van der Waals surface area contributed by atoms with Gasteiger partial charge in [-0.25, -0.2) is 0 Å². The molecule has 0 radical (unpaired) electrons. The van der Waals surface area contributed by atoms with Crippen molar-refractivity contribution >= 4 is 0 Å². The molecule has 0 saturated heterocycles. The number of hydrogen-bond donors (Lipinski definition) is 2. The van der Waals surface area contributed by atoms with Crippen LogP contribution in [0.4, 0.5) is 0 Å².